The Morgan fingerprint density at radius 3 is 2.94 bits per heavy atom. The van der Waals surface area contributed by atoms with Crippen LogP contribution in [-0.4, -0.2) is 15.4 Å². The van der Waals surface area contributed by atoms with Gasteiger partial charge in [0.1, 0.15) is 10.8 Å². The molecule has 2 N–H and O–H groups in total. The number of nitrogens with two attached hydrogens (primary N) is 1. The molecular formula is C12H16ClN3. The Morgan fingerprint density at radius 1 is 1.56 bits per heavy atom. The van der Waals surface area contributed by atoms with Crippen molar-refractivity contribution in [1.29, 1.82) is 0 Å². The molecule has 0 aliphatic rings. The standard InChI is InChI=1S/C12H16ClN3/c1-3-10-11(13)16-6-4-5-9(7-8(2)14)12(16)15-10/h4-6,8H,3,7,14H2,1-2H3. The average Bonchev–Trinajstić information content (AvgIpc) is 2.56. The second-order valence-electron chi connectivity index (χ2n) is 4.11. The smallest absolute Gasteiger partial charge is 0.141 e. The summed E-state index contributed by atoms with van der Waals surface area (Å²) in [6, 6.07) is 4.17. The van der Waals surface area contributed by atoms with E-state index in [2.05, 4.69) is 18.0 Å². The zero-order valence-electron chi connectivity index (χ0n) is 9.57. The highest BCUT2D eigenvalue weighted by Gasteiger charge is 2.11. The molecule has 0 aliphatic carbocycles. The van der Waals surface area contributed by atoms with Crippen molar-refractivity contribution in [2.75, 3.05) is 0 Å². The zero-order chi connectivity index (χ0) is 11.7. The van der Waals surface area contributed by atoms with Crippen LogP contribution in [0.1, 0.15) is 25.1 Å². The van der Waals surface area contributed by atoms with Crippen molar-refractivity contribution < 1.29 is 0 Å². The van der Waals surface area contributed by atoms with Crippen LogP contribution in [0.25, 0.3) is 5.65 Å². The lowest BCUT2D eigenvalue weighted by atomic mass is 10.1. The maximum absolute atomic E-state index is 6.24. The van der Waals surface area contributed by atoms with Crippen LogP contribution in [0.4, 0.5) is 0 Å². The van der Waals surface area contributed by atoms with Gasteiger partial charge < -0.3 is 5.73 Å². The lowest BCUT2D eigenvalue weighted by molar-refractivity contribution is 0.738. The molecule has 0 aliphatic heterocycles. The van der Waals surface area contributed by atoms with E-state index < -0.39 is 0 Å². The Labute approximate surface area is 100 Å². The van der Waals surface area contributed by atoms with Gasteiger partial charge in [-0.05, 0) is 31.4 Å². The molecular weight excluding hydrogens is 222 g/mol. The largest absolute Gasteiger partial charge is 0.328 e. The van der Waals surface area contributed by atoms with Gasteiger partial charge in [0.25, 0.3) is 0 Å². The summed E-state index contributed by atoms with van der Waals surface area (Å²) in [5.41, 5.74) is 8.85. The second kappa shape index (κ2) is 4.44. The maximum Gasteiger partial charge on any atom is 0.141 e. The maximum atomic E-state index is 6.24. The molecule has 16 heavy (non-hydrogen) atoms. The molecule has 0 aromatic carbocycles. The van der Waals surface area contributed by atoms with Crippen molar-refractivity contribution in [3.63, 3.8) is 0 Å². The quantitative estimate of drug-likeness (QED) is 0.891. The molecule has 2 heterocycles. The zero-order valence-corrected chi connectivity index (χ0v) is 10.3. The minimum atomic E-state index is 0.131. The Hall–Kier alpha value is -1.06. The fourth-order valence-electron chi connectivity index (χ4n) is 1.87. The summed E-state index contributed by atoms with van der Waals surface area (Å²) in [6.07, 6.45) is 3.60. The number of hydrogen-bond acceptors (Lipinski definition) is 2. The first kappa shape index (κ1) is 11.4. The SMILES string of the molecule is CCc1nc2c(CC(C)N)cccn2c1Cl. The molecule has 1 unspecified atom stereocenters. The molecule has 86 valence electrons. The van der Waals surface area contributed by atoms with Gasteiger partial charge in [-0.25, -0.2) is 4.98 Å². The van der Waals surface area contributed by atoms with Gasteiger partial charge in [0.2, 0.25) is 0 Å². The number of rotatable bonds is 3. The monoisotopic (exact) mass is 237 g/mol. The van der Waals surface area contributed by atoms with Gasteiger partial charge in [0.15, 0.2) is 0 Å². The number of fused-ring (bicyclic) bond motifs is 1. The fraction of sp³-hybridized carbons (Fsp3) is 0.417. The molecule has 0 fully saturated rings. The van der Waals surface area contributed by atoms with E-state index >= 15 is 0 Å². The highest BCUT2D eigenvalue weighted by molar-refractivity contribution is 6.30. The first-order valence-electron chi connectivity index (χ1n) is 5.53. The van der Waals surface area contributed by atoms with Crippen LogP contribution in [-0.2, 0) is 12.8 Å². The van der Waals surface area contributed by atoms with Crippen LogP contribution in [0.2, 0.25) is 5.15 Å². The van der Waals surface area contributed by atoms with E-state index in [0.29, 0.717) is 5.15 Å². The minimum absolute atomic E-state index is 0.131. The third-order valence-electron chi connectivity index (χ3n) is 2.62. The van der Waals surface area contributed by atoms with Crippen molar-refractivity contribution in [3.8, 4) is 0 Å². The summed E-state index contributed by atoms with van der Waals surface area (Å²) in [4.78, 5) is 4.56. The average molecular weight is 238 g/mol. The van der Waals surface area contributed by atoms with Crippen molar-refractivity contribution in [1.82, 2.24) is 9.38 Å². The van der Waals surface area contributed by atoms with Crippen LogP contribution in [0.3, 0.4) is 0 Å². The Bertz CT molecular complexity index is 502. The molecule has 2 rings (SSSR count). The first-order chi connectivity index (χ1) is 7.63. The van der Waals surface area contributed by atoms with E-state index in [1.807, 2.05) is 23.6 Å². The minimum Gasteiger partial charge on any atom is -0.328 e. The lowest BCUT2D eigenvalue weighted by Crippen LogP contribution is -2.18. The summed E-state index contributed by atoms with van der Waals surface area (Å²) in [7, 11) is 0. The number of nitrogens with zero attached hydrogens (tertiary/aromatic N) is 2. The summed E-state index contributed by atoms with van der Waals surface area (Å²) in [5.74, 6) is 0. The predicted octanol–water partition coefficient (Wildman–Crippen LogP) is 2.44. The highest BCUT2D eigenvalue weighted by Crippen LogP contribution is 2.21. The van der Waals surface area contributed by atoms with Crippen molar-refractivity contribution >= 4 is 17.2 Å². The van der Waals surface area contributed by atoms with Crippen molar-refractivity contribution in [2.45, 2.75) is 32.7 Å². The van der Waals surface area contributed by atoms with Crippen LogP contribution in [0.15, 0.2) is 18.3 Å². The number of aryl methyl sites for hydroxylation is 1. The van der Waals surface area contributed by atoms with E-state index in [-0.39, 0.29) is 6.04 Å². The number of pyridine rings is 1. The Balaban J connectivity index is 2.59. The van der Waals surface area contributed by atoms with E-state index in [0.717, 1.165) is 29.7 Å². The van der Waals surface area contributed by atoms with E-state index in [4.69, 9.17) is 17.3 Å². The number of halogens is 1. The van der Waals surface area contributed by atoms with Crippen LogP contribution in [0.5, 0.6) is 0 Å². The molecule has 4 heteroatoms. The summed E-state index contributed by atoms with van der Waals surface area (Å²) >= 11 is 6.24. The molecule has 3 nitrogen and oxygen atoms in total. The first-order valence-corrected chi connectivity index (χ1v) is 5.91. The van der Waals surface area contributed by atoms with Gasteiger partial charge >= 0.3 is 0 Å². The molecule has 0 amide bonds. The molecule has 0 bridgehead atoms. The Kier molecular flexibility index (Phi) is 3.17. The van der Waals surface area contributed by atoms with Crippen molar-refractivity contribution in [2.24, 2.45) is 5.73 Å². The van der Waals surface area contributed by atoms with Crippen LogP contribution >= 0.6 is 11.6 Å². The predicted molar refractivity (Wildman–Crippen MR) is 66.9 cm³/mol. The summed E-state index contributed by atoms with van der Waals surface area (Å²) in [5, 5.41) is 0.712. The molecule has 2 aromatic rings. The topological polar surface area (TPSA) is 43.3 Å². The van der Waals surface area contributed by atoms with Gasteiger partial charge in [-0.1, -0.05) is 24.6 Å². The normalized spacial score (nSPS) is 13.2. The molecule has 2 aromatic heterocycles. The third-order valence-corrected chi connectivity index (χ3v) is 3.02. The Morgan fingerprint density at radius 2 is 2.31 bits per heavy atom. The molecule has 0 saturated heterocycles. The summed E-state index contributed by atoms with van der Waals surface area (Å²) in [6.45, 7) is 4.05. The van der Waals surface area contributed by atoms with Crippen molar-refractivity contribution in [3.05, 3.63) is 34.7 Å². The number of hydrogen-bond donors (Lipinski definition) is 1. The molecule has 0 radical (unpaired) electrons. The highest BCUT2D eigenvalue weighted by atomic mass is 35.5. The third kappa shape index (κ3) is 1.93. The van der Waals surface area contributed by atoms with Gasteiger partial charge in [-0.3, -0.25) is 4.40 Å². The van der Waals surface area contributed by atoms with Crippen LogP contribution in [0, 0.1) is 0 Å². The van der Waals surface area contributed by atoms with Gasteiger partial charge in [-0.2, -0.15) is 0 Å². The molecule has 1 atom stereocenters. The molecule has 0 saturated carbocycles. The van der Waals surface area contributed by atoms with Gasteiger partial charge in [0.05, 0.1) is 5.69 Å². The van der Waals surface area contributed by atoms with Crippen LogP contribution < -0.4 is 5.73 Å². The second-order valence-corrected chi connectivity index (χ2v) is 4.47. The van der Waals surface area contributed by atoms with E-state index in [1.54, 1.807) is 0 Å². The fourth-order valence-corrected chi connectivity index (χ4v) is 2.19. The molecule has 0 spiro atoms. The van der Waals surface area contributed by atoms with E-state index in [1.165, 1.54) is 0 Å². The van der Waals surface area contributed by atoms with E-state index in [9.17, 15) is 0 Å². The lowest BCUT2D eigenvalue weighted by Gasteiger charge is -2.06. The number of aromatic nitrogens is 2. The van der Waals surface area contributed by atoms with Gasteiger partial charge in [-0.15, -0.1) is 0 Å². The van der Waals surface area contributed by atoms with Gasteiger partial charge in [0, 0.05) is 12.2 Å². The summed E-state index contributed by atoms with van der Waals surface area (Å²) < 4.78 is 1.93. The number of imidazole rings is 1.